The van der Waals surface area contributed by atoms with Crippen molar-refractivity contribution in [3.8, 4) is 17.3 Å². The molecule has 0 aliphatic carbocycles. The molecule has 0 radical (unpaired) electrons. The number of aryl methyl sites for hydroxylation is 1. The average Bonchev–Trinajstić information content (AvgIpc) is 2.96. The molecule has 0 atom stereocenters. The van der Waals surface area contributed by atoms with Gasteiger partial charge in [0.05, 0.1) is 6.20 Å². The fourth-order valence-corrected chi connectivity index (χ4v) is 2.18. The van der Waals surface area contributed by atoms with E-state index in [-0.39, 0.29) is 17.3 Å². The highest BCUT2D eigenvalue weighted by molar-refractivity contribution is 7.71. The van der Waals surface area contributed by atoms with Gasteiger partial charge in [0.1, 0.15) is 11.4 Å². The number of carbonyl (C=O) groups excluding carboxylic acids is 1. The molecule has 0 saturated carbocycles. The summed E-state index contributed by atoms with van der Waals surface area (Å²) in [6.07, 6.45) is 4.60. The zero-order chi connectivity index (χ0) is 16.9. The number of para-hydroxylation sites is 1. The zero-order valence-corrected chi connectivity index (χ0v) is 13.6. The number of nitrogens with zero attached hydrogens (tertiary/aromatic N) is 4. The van der Waals surface area contributed by atoms with Crippen LogP contribution < -0.4 is 10.2 Å². The predicted octanol–water partition coefficient (Wildman–Crippen LogP) is 1.86. The van der Waals surface area contributed by atoms with Crippen LogP contribution in [-0.2, 0) is 4.79 Å². The number of hydrogen-bond acceptors (Lipinski definition) is 6. The molecule has 0 bridgehead atoms. The molecule has 3 aromatic rings. The molecule has 0 spiro atoms. The third-order valence-corrected chi connectivity index (χ3v) is 3.43. The number of aromatic amines is 1. The van der Waals surface area contributed by atoms with E-state index in [1.807, 2.05) is 25.1 Å². The molecule has 0 aliphatic heterocycles. The molecule has 9 heteroatoms. The van der Waals surface area contributed by atoms with E-state index in [9.17, 15) is 4.79 Å². The van der Waals surface area contributed by atoms with Crippen LogP contribution in [0.5, 0.6) is 5.75 Å². The van der Waals surface area contributed by atoms with E-state index in [2.05, 4.69) is 25.6 Å². The molecule has 3 rings (SSSR count). The molecule has 1 aromatic carbocycles. The minimum absolute atomic E-state index is 0.155. The van der Waals surface area contributed by atoms with Gasteiger partial charge in [-0.1, -0.05) is 18.2 Å². The Kier molecular flexibility index (Phi) is 4.62. The van der Waals surface area contributed by atoms with Crippen molar-refractivity contribution in [2.24, 2.45) is 0 Å². The Morgan fingerprint density at radius 3 is 2.96 bits per heavy atom. The maximum absolute atomic E-state index is 12.1. The van der Waals surface area contributed by atoms with E-state index in [0.29, 0.717) is 17.3 Å². The lowest BCUT2D eigenvalue weighted by Gasteiger charge is -2.10. The number of nitrogens with one attached hydrogen (secondary N) is 2. The Balaban J connectivity index is 1.72. The summed E-state index contributed by atoms with van der Waals surface area (Å²) < 4.78 is 7.09. The summed E-state index contributed by atoms with van der Waals surface area (Å²) in [4.78, 5) is 20.3. The molecule has 0 aliphatic rings. The number of hydrogen-bond donors (Lipinski definition) is 2. The van der Waals surface area contributed by atoms with Crippen molar-refractivity contribution in [3.63, 3.8) is 0 Å². The van der Waals surface area contributed by atoms with E-state index in [4.69, 9.17) is 17.0 Å². The first-order valence-corrected chi connectivity index (χ1v) is 7.48. The summed E-state index contributed by atoms with van der Waals surface area (Å²) in [5.41, 5.74) is 4.06. The van der Waals surface area contributed by atoms with Gasteiger partial charge in [-0.3, -0.25) is 15.2 Å². The first-order valence-electron chi connectivity index (χ1n) is 7.07. The molecule has 2 heterocycles. The van der Waals surface area contributed by atoms with Crippen molar-refractivity contribution < 1.29 is 9.53 Å². The minimum atomic E-state index is -0.374. The Morgan fingerprint density at radius 2 is 2.21 bits per heavy atom. The van der Waals surface area contributed by atoms with Crippen LogP contribution >= 0.6 is 12.2 Å². The van der Waals surface area contributed by atoms with E-state index in [0.717, 1.165) is 5.56 Å². The van der Waals surface area contributed by atoms with Gasteiger partial charge < -0.3 is 4.74 Å². The number of benzene rings is 1. The molecule has 2 N–H and O–H groups in total. The highest BCUT2D eigenvalue weighted by Gasteiger charge is 2.13. The van der Waals surface area contributed by atoms with Gasteiger partial charge in [-0.25, -0.2) is 14.8 Å². The number of H-pyrrole nitrogens is 1. The second kappa shape index (κ2) is 7.01. The second-order valence-corrected chi connectivity index (χ2v) is 5.25. The van der Waals surface area contributed by atoms with E-state index in [1.165, 1.54) is 17.1 Å². The standard InChI is InChI=1S/C15H14N6O2S/c1-10-4-2-3-5-12(10)23-9-13(22)20-21-14(18-19-15(21)24)11-8-16-6-7-17-11/h2-8H,9H2,1H3,(H,19,24)(H,20,22). The molecule has 1 amide bonds. The third kappa shape index (κ3) is 3.46. The molecular formula is C15H14N6O2S. The lowest BCUT2D eigenvalue weighted by molar-refractivity contribution is -0.119. The van der Waals surface area contributed by atoms with Gasteiger partial charge in [0, 0.05) is 12.4 Å². The van der Waals surface area contributed by atoms with Crippen LogP contribution in [0.15, 0.2) is 42.9 Å². The summed E-state index contributed by atoms with van der Waals surface area (Å²) >= 11 is 5.13. The molecule has 0 unspecified atom stereocenters. The van der Waals surface area contributed by atoms with Gasteiger partial charge in [-0.05, 0) is 30.8 Å². The van der Waals surface area contributed by atoms with Gasteiger partial charge in [0.25, 0.3) is 5.91 Å². The Morgan fingerprint density at radius 1 is 1.38 bits per heavy atom. The van der Waals surface area contributed by atoms with Crippen LogP contribution in [0.2, 0.25) is 0 Å². The molecule has 24 heavy (non-hydrogen) atoms. The Hall–Kier alpha value is -3.07. The van der Waals surface area contributed by atoms with Crippen LogP contribution in [0.1, 0.15) is 5.56 Å². The maximum Gasteiger partial charge on any atom is 0.276 e. The average molecular weight is 342 g/mol. The summed E-state index contributed by atoms with van der Waals surface area (Å²) in [5.74, 6) is 0.635. The molecular weight excluding hydrogens is 328 g/mol. The summed E-state index contributed by atoms with van der Waals surface area (Å²) in [6, 6.07) is 7.46. The van der Waals surface area contributed by atoms with Crippen molar-refractivity contribution in [3.05, 3.63) is 53.2 Å². The van der Waals surface area contributed by atoms with Crippen LogP contribution in [0, 0.1) is 11.7 Å². The van der Waals surface area contributed by atoms with Crippen LogP contribution in [0.25, 0.3) is 11.5 Å². The fraction of sp³-hybridized carbons (Fsp3) is 0.133. The van der Waals surface area contributed by atoms with Crippen molar-refractivity contribution in [1.29, 1.82) is 0 Å². The monoisotopic (exact) mass is 342 g/mol. The van der Waals surface area contributed by atoms with Gasteiger partial charge in [-0.15, -0.1) is 0 Å². The summed E-state index contributed by atoms with van der Waals surface area (Å²) in [6.45, 7) is 1.75. The molecule has 8 nitrogen and oxygen atoms in total. The van der Waals surface area contributed by atoms with Crippen molar-refractivity contribution in [1.82, 2.24) is 24.8 Å². The number of aromatic nitrogens is 5. The van der Waals surface area contributed by atoms with Crippen molar-refractivity contribution >= 4 is 18.1 Å². The van der Waals surface area contributed by atoms with E-state index < -0.39 is 0 Å². The normalized spacial score (nSPS) is 10.4. The molecule has 122 valence electrons. The first-order chi connectivity index (χ1) is 11.6. The van der Waals surface area contributed by atoms with E-state index in [1.54, 1.807) is 12.3 Å². The Labute approximate surface area is 142 Å². The Bertz CT molecular complexity index is 906. The zero-order valence-electron chi connectivity index (χ0n) is 12.8. The fourth-order valence-electron chi connectivity index (χ4n) is 2.01. The summed E-state index contributed by atoms with van der Waals surface area (Å²) in [7, 11) is 0. The number of ether oxygens (including phenoxy) is 1. The maximum atomic E-state index is 12.1. The second-order valence-electron chi connectivity index (χ2n) is 4.87. The predicted molar refractivity (Wildman–Crippen MR) is 89.5 cm³/mol. The first kappa shape index (κ1) is 15.8. The van der Waals surface area contributed by atoms with Gasteiger partial charge in [0.2, 0.25) is 10.6 Å². The lowest BCUT2D eigenvalue weighted by Crippen LogP contribution is -2.28. The van der Waals surface area contributed by atoms with Crippen LogP contribution in [0.3, 0.4) is 0 Å². The molecule has 2 aromatic heterocycles. The molecule has 0 fully saturated rings. The van der Waals surface area contributed by atoms with Crippen molar-refractivity contribution in [2.75, 3.05) is 12.0 Å². The van der Waals surface area contributed by atoms with Crippen LogP contribution in [0.4, 0.5) is 0 Å². The number of amides is 1. The van der Waals surface area contributed by atoms with Gasteiger partial charge in [-0.2, -0.15) is 5.10 Å². The summed E-state index contributed by atoms with van der Waals surface area (Å²) in [5, 5.41) is 6.68. The van der Waals surface area contributed by atoms with E-state index >= 15 is 0 Å². The highest BCUT2D eigenvalue weighted by Crippen LogP contribution is 2.16. The largest absolute Gasteiger partial charge is 0.483 e. The van der Waals surface area contributed by atoms with Crippen LogP contribution in [-0.4, -0.2) is 37.4 Å². The smallest absolute Gasteiger partial charge is 0.276 e. The number of carbonyl (C=O) groups is 1. The number of rotatable bonds is 5. The van der Waals surface area contributed by atoms with Crippen molar-refractivity contribution in [2.45, 2.75) is 6.92 Å². The topological polar surface area (TPSA) is 97.7 Å². The minimum Gasteiger partial charge on any atom is -0.483 e. The lowest BCUT2D eigenvalue weighted by atomic mass is 10.2. The molecule has 0 saturated heterocycles. The van der Waals surface area contributed by atoms with Gasteiger partial charge >= 0.3 is 0 Å². The van der Waals surface area contributed by atoms with Gasteiger partial charge in [0.15, 0.2) is 6.61 Å². The SMILES string of the molecule is Cc1ccccc1OCC(=O)Nn1c(-c2cnccn2)n[nH]c1=S. The quantitative estimate of drug-likeness (QED) is 0.687. The third-order valence-electron chi connectivity index (χ3n) is 3.15. The highest BCUT2D eigenvalue weighted by atomic mass is 32.1.